The number of piperazine rings is 1. The van der Waals surface area contributed by atoms with Crippen molar-refractivity contribution in [2.45, 2.75) is 31.0 Å². The van der Waals surface area contributed by atoms with Crippen LogP contribution >= 0.6 is 0 Å². The van der Waals surface area contributed by atoms with Crippen LogP contribution in [0.4, 0.5) is 29.2 Å². The van der Waals surface area contributed by atoms with Crippen molar-refractivity contribution in [2.24, 2.45) is 5.92 Å². The number of carbonyl (C=O) groups is 1. The van der Waals surface area contributed by atoms with Crippen molar-refractivity contribution >= 4 is 27.8 Å². The van der Waals surface area contributed by atoms with Crippen molar-refractivity contribution < 1.29 is 30.8 Å². The van der Waals surface area contributed by atoms with E-state index < -0.39 is 38.0 Å². The Kier molecular flexibility index (Phi) is 6.45. The first-order valence-electron chi connectivity index (χ1n) is 9.73. The van der Waals surface area contributed by atoms with Crippen molar-refractivity contribution in [1.29, 1.82) is 0 Å². The molecule has 1 atom stereocenters. The molecule has 1 aromatic carbocycles. The second kappa shape index (κ2) is 8.64. The predicted octanol–water partition coefficient (Wildman–Crippen LogP) is 3.20. The van der Waals surface area contributed by atoms with E-state index in [9.17, 15) is 30.8 Å². The minimum Gasteiger partial charge on any atom is -0.368 e. The molecule has 2 aromatic rings. The maximum Gasteiger partial charge on any atom is 0.434 e. The summed E-state index contributed by atoms with van der Waals surface area (Å²) in [4.78, 5) is 21.7. The largest absolute Gasteiger partial charge is 0.434 e. The highest BCUT2D eigenvalue weighted by molar-refractivity contribution is 7.90. The standard InChI is InChI=1S/C20H22F4N4O3S/c1-12(2)16-10-27(14-4-5-15(21)17(8-14)32(3,30)31)6-7-28(16)19-25-9-13(11-29)18(26-19)20(22,23)24/h4-5,8-9,11-12,16H,6-7,10H2,1-3H3/t16-/m0/s1. The molecule has 3 rings (SSSR count). The summed E-state index contributed by atoms with van der Waals surface area (Å²) in [6.45, 7) is 4.66. The maximum atomic E-state index is 14.0. The topological polar surface area (TPSA) is 83.5 Å². The number of nitrogens with zero attached hydrogens (tertiary/aromatic N) is 4. The minimum absolute atomic E-state index is 0.0312. The van der Waals surface area contributed by atoms with Gasteiger partial charge in [-0.05, 0) is 24.1 Å². The lowest BCUT2D eigenvalue weighted by molar-refractivity contribution is -0.141. The van der Waals surface area contributed by atoms with Gasteiger partial charge in [0.2, 0.25) is 5.95 Å². The van der Waals surface area contributed by atoms with Crippen molar-refractivity contribution in [3.63, 3.8) is 0 Å². The second-order valence-corrected chi connectivity index (χ2v) is 9.91. The first-order chi connectivity index (χ1) is 14.8. The van der Waals surface area contributed by atoms with Gasteiger partial charge in [0.05, 0.1) is 11.6 Å². The average molecular weight is 474 g/mol. The molecule has 0 aliphatic carbocycles. The van der Waals surface area contributed by atoms with Crippen LogP contribution in [0.3, 0.4) is 0 Å². The predicted molar refractivity (Wildman–Crippen MR) is 110 cm³/mol. The van der Waals surface area contributed by atoms with Crippen LogP contribution in [0.1, 0.15) is 29.9 Å². The molecule has 174 valence electrons. The Morgan fingerprint density at radius 1 is 1.22 bits per heavy atom. The third-order valence-corrected chi connectivity index (χ3v) is 6.44. The number of alkyl halides is 3. The SMILES string of the molecule is CC(C)[C@@H]1CN(c2ccc(F)c(S(C)(=O)=O)c2)CCN1c1ncc(C=O)c(C(F)(F)F)n1. The van der Waals surface area contributed by atoms with Gasteiger partial charge >= 0.3 is 6.18 Å². The number of hydrogen-bond donors (Lipinski definition) is 0. The third kappa shape index (κ3) is 4.84. The second-order valence-electron chi connectivity index (χ2n) is 7.93. The molecule has 7 nitrogen and oxygen atoms in total. The average Bonchev–Trinajstić information content (AvgIpc) is 2.71. The molecule has 0 spiro atoms. The normalized spacial score (nSPS) is 17.7. The molecule has 1 fully saturated rings. The van der Waals surface area contributed by atoms with E-state index in [-0.39, 0.29) is 30.7 Å². The summed E-state index contributed by atoms with van der Waals surface area (Å²) < 4.78 is 77.7. The first-order valence-corrected chi connectivity index (χ1v) is 11.6. The molecule has 1 aliphatic rings. The molecule has 0 amide bonds. The van der Waals surface area contributed by atoms with Crippen molar-refractivity contribution in [3.05, 3.63) is 41.5 Å². The summed E-state index contributed by atoms with van der Waals surface area (Å²) in [6.07, 6.45) is -2.96. The molecular weight excluding hydrogens is 452 g/mol. The Bertz CT molecular complexity index is 1120. The summed E-state index contributed by atoms with van der Waals surface area (Å²) in [7, 11) is -3.77. The number of anilines is 2. The summed E-state index contributed by atoms with van der Waals surface area (Å²) in [5.74, 6) is -1.02. The molecule has 0 radical (unpaired) electrons. The van der Waals surface area contributed by atoms with Gasteiger partial charge in [-0.15, -0.1) is 0 Å². The van der Waals surface area contributed by atoms with Crippen molar-refractivity contribution in [2.75, 3.05) is 35.7 Å². The van der Waals surface area contributed by atoms with Gasteiger partial charge in [0.25, 0.3) is 0 Å². The molecule has 1 saturated heterocycles. The van der Waals surface area contributed by atoms with Gasteiger partial charge in [0.1, 0.15) is 10.7 Å². The van der Waals surface area contributed by atoms with Crippen LogP contribution in [0.2, 0.25) is 0 Å². The summed E-state index contributed by atoms with van der Waals surface area (Å²) in [5.41, 5.74) is -1.44. The molecular formula is C20H22F4N4O3S. The van der Waals surface area contributed by atoms with Crippen LogP contribution in [0, 0.1) is 11.7 Å². The van der Waals surface area contributed by atoms with E-state index in [1.165, 1.54) is 12.1 Å². The quantitative estimate of drug-likeness (QED) is 0.486. The zero-order valence-electron chi connectivity index (χ0n) is 17.6. The van der Waals surface area contributed by atoms with Crippen LogP contribution in [-0.2, 0) is 16.0 Å². The lowest BCUT2D eigenvalue weighted by atomic mass is 9.99. The Morgan fingerprint density at radius 2 is 1.91 bits per heavy atom. The van der Waals surface area contributed by atoms with E-state index in [2.05, 4.69) is 9.97 Å². The van der Waals surface area contributed by atoms with Gasteiger partial charge in [-0.2, -0.15) is 13.2 Å². The van der Waals surface area contributed by atoms with Gasteiger partial charge < -0.3 is 9.80 Å². The van der Waals surface area contributed by atoms with E-state index >= 15 is 0 Å². The van der Waals surface area contributed by atoms with Gasteiger partial charge in [0.15, 0.2) is 21.8 Å². The molecule has 0 unspecified atom stereocenters. The third-order valence-electron chi connectivity index (χ3n) is 5.32. The molecule has 0 saturated carbocycles. The number of rotatable bonds is 5. The molecule has 2 heterocycles. The number of benzene rings is 1. The van der Waals surface area contributed by atoms with Crippen LogP contribution in [0.5, 0.6) is 0 Å². The number of aldehydes is 1. The first kappa shape index (κ1) is 23.9. The fraction of sp³-hybridized carbons (Fsp3) is 0.450. The number of sulfone groups is 1. The summed E-state index contributed by atoms with van der Waals surface area (Å²) in [6, 6.07) is 3.49. The maximum absolute atomic E-state index is 14.0. The fourth-order valence-corrected chi connectivity index (χ4v) is 4.43. The van der Waals surface area contributed by atoms with Crippen LogP contribution in [0.15, 0.2) is 29.3 Å². The van der Waals surface area contributed by atoms with E-state index in [0.29, 0.717) is 18.8 Å². The van der Waals surface area contributed by atoms with Gasteiger partial charge in [-0.3, -0.25) is 4.79 Å². The van der Waals surface area contributed by atoms with Crippen molar-refractivity contribution in [1.82, 2.24) is 9.97 Å². The lowest BCUT2D eigenvalue weighted by Gasteiger charge is -2.44. The zero-order chi connectivity index (χ0) is 23.8. The van der Waals surface area contributed by atoms with Gasteiger partial charge in [-0.1, -0.05) is 13.8 Å². The highest BCUT2D eigenvalue weighted by Crippen LogP contribution is 2.33. The number of aromatic nitrogens is 2. The monoisotopic (exact) mass is 474 g/mol. The number of halogens is 4. The Balaban J connectivity index is 1.94. The van der Waals surface area contributed by atoms with Crippen molar-refractivity contribution in [3.8, 4) is 0 Å². The van der Waals surface area contributed by atoms with E-state index in [0.717, 1.165) is 18.5 Å². The lowest BCUT2D eigenvalue weighted by Crippen LogP contribution is -2.56. The molecule has 0 N–H and O–H groups in total. The van der Waals surface area contributed by atoms with Crippen LogP contribution < -0.4 is 9.80 Å². The number of hydrogen-bond acceptors (Lipinski definition) is 7. The van der Waals surface area contributed by atoms with E-state index in [1.54, 1.807) is 4.90 Å². The number of carbonyl (C=O) groups excluding carboxylic acids is 1. The zero-order valence-corrected chi connectivity index (χ0v) is 18.4. The van der Waals surface area contributed by atoms with E-state index in [4.69, 9.17) is 0 Å². The molecule has 1 aliphatic heterocycles. The molecule has 0 bridgehead atoms. The molecule has 12 heteroatoms. The highest BCUT2D eigenvalue weighted by atomic mass is 32.2. The smallest absolute Gasteiger partial charge is 0.368 e. The highest BCUT2D eigenvalue weighted by Gasteiger charge is 2.38. The Hall–Kier alpha value is -2.76. The Labute approximate surface area is 183 Å². The van der Waals surface area contributed by atoms with Crippen LogP contribution in [0.25, 0.3) is 0 Å². The van der Waals surface area contributed by atoms with E-state index in [1.807, 2.05) is 18.7 Å². The van der Waals surface area contributed by atoms with Gasteiger partial charge in [0, 0.05) is 37.8 Å². The minimum atomic E-state index is -4.81. The molecule has 1 aromatic heterocycles. The Morgan fingerprint density at radius 3 is 2.47 bits per heavy atom. The van der Waals surface area contributed by atoms with Gasteiger partial charge in [-0.25, -0.2) is 22.8 Å². The molecule has 32 heavy (non-hydrogen) atoms. The fourth-order valence-electron chi connectivity index (χ4n) is 3.67. The summed E-state index contributed by atoms with van der Waals surface area (Å²) in [5, 5.41) is 0. The van der Waals surface area contributed by atoms with Crippen LogP contribution in [-0.4, -0.2) is 56.6 Å². The summed E-state index contributed by atoms with van der Waals surface area (Å²) >= 11 is 0.